The second kappa shape index (κ2) is 36.5. The summed E-state index contributed by atoms with van der Waals surface area (Å²) in [5, 5.41) is 28.8. The summed E-state index contributed by atoms with van der Waals surface area (Å²) < 4.78 is 31.9. The highest BCUT2D eigenvalue weighted by Crippen LogP contribution is 2.37. The minimum absolute atomic E-state index is 0. The number of anilines is 5. The molecule has 4 aliphatic heterocycles. The van der Waals surface area contributed by atoms with Crippen molar-refractivity contribution in [3.63, 3.8) is 0 Å². The Bertz CT molecular complexity index is 4430. The summed E-state index contributed by atoms with van der Waals surface area (Å²) in [6.45, 7) is 18.5. The van der Waals surface area contributed by atoms with Gasteiger partial charge in [-0.1, -0.05) is 67.0 Å². The van der Waals surface area contributed by atoms with Gasteiger partial charge in [0.2, 0.25) is 0 Å². The highest BCUT2D eigenvalue weighted by molar-refractivity contribution is 7.22. The molecule has 9 aromatic rings. The number of nitrogen functional groups attached to an aromatic ring is 1. The number of nitrogens with zero attached hydrogens (tertiary/aromatic N) is 9. The standard InChI is InChI=1S/C38H44ClN9O6S.C17H29N5O3.C15H11ClN2O3S.CH4/c1-44-22-25(41-36(50)30-20-26(23-45(30)2)43-38(52)34-33(39)28-5-3-4-6-32(28)55-34)19-29(44)37(51)42-27-21-31(35(49)40-7-8-46-11-15-53-16-12-46)48(24-27)10-9-47-13-17-54-18-14-47;18-15-13-16(17(23)19-1-2-20-5-9-24-10-6-20)22(14-15)4-3-21-7-11-25-12-8-21;1-18-7-8(6-10(18)15(20)21)17-14(19)13-12(16)9-4-2-3-5-11(9)22-13;/h3-6,19-24H,7-18H2,1-2H3,(H,40,49)(H,41,50)(H,42,51)(H,43,52);13-14H,1-12,18H2,(H,19,23);2-7H,1H3,(H,17,19)(H,20,21);1H4. The van der Waals surface area contributed by atoms with Gasteiger partial charge in [0.15, 0.2) is 0 Å². The van der Waals surface area contributed by atoms with Crippen molar-refractivity contribution >= 4 is 136 Å². The molecular formula is C71H88Cl2N16O12S2. The van der Waals surface area contributed by atoms with Gasteiger partial charge in [0.1, 0.15) is 38.2 Å². The number of thiophene rings is 2. The van der Waals surface area contributed by atoms with E-state index in [4.69, 9.17) is 53.0 Å². The van der Waals surface area contributed by atoms with E-state index in [1.807, 2.05) is 63.9 Å². The van der Waals surface area contributed by atoms with E-state index < -0.39 is 17.8 Å². The number of ether oxygens (including phenoxy) is 4. The molecule has 13 rings (SSSR count). The van der Waals surface area contributed by atoms with Gasteiger partial charge >= 0.3 is 5.97 Å². The SMILES string of the molecule is C.Cn1cc(NC(=O)c2sc3ccccc3c2Cl)cc1C(=O)Nc1cc(C(=O)Nc2cc(C(=O)NCCN3CCOCC3)n(CCN3CCOCC3)c2)n(C)c1.Cn1cc(NC(=O)c2sc3ccccc3c2Cl)cc1C(=O)O.Nc1cc(C(=O)NCCN2CCOCC2)n(CCN2CCOCC2)c1. The number of morpholine rings is 4. The monoisotopic (exact) mass is 1490 g/mol. The van der Waals surface area contributed by atoms with Crippen molar-refractivity contribution in [2.24, 2.45) is 21.1 Å². The van der Waals surface area contributed by atoms with Crippen LogP contribution in [0.25, 0.3) is 20.2 Å². The number of amides is 6. The van der Waals surface area contributed by atoms with Crippen LogP contribution < -0.4 is 37.6 Å². The lowest BCUT2D eigenvalue weighted by Crippen LogP contribution is -2.41. The highest BCUT2D eigenvalue weighted by Gasteiger charge is 2.25. The van der Waals surface area contributed by atoms with Crippen LogP contribution in [-0.4, -0.2) is 233 Å². The molecule has 4 fully saturated rings. The van der Waals surface area contributed by atoms with E-state index in [1.165, 1.54) is 33.3 Å². The lowest BCUT2D eigenvalue weighted by atomic mass is 10.2. The van der Waals surface area contributed by atoms with Crippen molar-refractivity contribution in [3.8, 4) is 0 Å². The number of aryl methyl sites for hydroxylation is 3. The van der Waals surface area contributed by atoms with Crippen molar-refractivity contribution in [1.82, 2.24) is 53.1 Å². The Kier molecular flexibility index (Phi) is 27.2. The van der Waals surface area contributed by atoms with Crippen LogP contribution in [0.2, 0.25) is 10.0 Å². The van der Waals surface area contributed by atoms with Gasteiger partial charge in [-0.15, -0.1) is 22.7 Å². The molecule has 11 heterocycles. The second-order valence-electron chi connectivity index (χ2n) is 24.8. The van der Waals surface area contributed by atoms with E-state index in [1.54, 1.807) is 79.3 Å². The van der Waals surface area contributed by atoms with Gasteiger partial charge in [-0.05, 0) is 42.5 Å². The molecule has 4 saturated heterocycles. The van der Waals surface area contributed by atoms with E-state index in [9.17, 15) is 33.6 Å². The average molecular weight is 1490 g/mol. The maximum atomic E-state index is 13.6. The van der Waals surface area contributed by atoms with E-state index >= 15 is 0 Å². The number of carboxylic acid groups (broad SMARTS) is 1. The molecule has 0 saturated carbocycles. The van der Waals surface area contributed by atoms with Crippen molar-refractivity contribution in [2.45, 2.75) is 20.5 Å². The van der Waals surface area contributed by atoms with Crippen LogP contribution in [0, 0.1) is 0 Å². The molecule has 2 aromatic carbocycles. The first kappa shape index (κ1) is 76.7. The van der Waals surface area contributed by atoms with Crippen LogP contribution in [0.5, 0.6) is 0 Å². The van der Waals surface area contributed by atoms with Crippen molar-refractivity contribution in [1.29, 1.82) is 0 Å². The number of hydrogen-bond acceptors (Lipinski definition) is 18. The van der Waals surface area contributed by atoms with Gasteiger partial charge in [0.05, 0.1) is 91.3 Å². The topological polar surface area (TPSA) is 312 Å². The number of carboxylic acids is 1. The molecule has 0 aliphatic carbocycles. The quantitative estimate of drug-likeness (QED) is 0.0300. The molecule has 0 bridgehead atoms. The largest absolute Gasteiger partial charge is 0.477 e. The van der Waals surface area contributed by atoms with Gasteiger partial charge in [-0.25, -0.2) is 4.79 Å². The summed E-state index contributed by atoms with van der Waals surface area (Å²) in [7, 11) is 5.01. The third-order valence-corrected chi connectivity index (χ3v) is 21.0. The van der Waals surface area contributed by atoms with Crippen LogP contribution in [0.15, 0.2) is 110 Å². The molecular weight excluding hydrogens is 1400 g/mol. The fourth-order valence-electron chi connectivity index (χ4n) is 12.1. The molecule has 550 valence electrons. The molecule has 0 atom stereocenters. The zero-order valence-electron chi connectivity index (χ0n) is 57.0. The Morgan fingerprint density at radius 3 is 1.15 bits per heavy atom. The second-order valence-corrected chi connectivity index (χ2v) is 27.6. The fraction of sp³-hybridized carbons (Fsp3) is 0.394. The van der Waals surface area contributed by atoms with Gasteiger partial charge in [-0.2, -0.15) is 0 Å². The van der Waals surface area contributed by atoms with Crippen molar-refractivity contribution < 1.29 is 57.6 Å². The summed E-state index contributed by atoms with van der Waals surface area (Å²) >= 11 is 15.4. The maximum absolute atomic E-state index is 13.6. The first-order valence-corrected chi connectivity index (χ1v) is 36.0. The lowest BCUT2D eigenvalue weighted by molar-refractivity contribution is 0.0362. The normalized spacial score (nSPS) is 15.3. The van der Waals surface area contributed by atoms with Gasteiger partial charge < -0.3 is 84.5 Å². The average Bonchev–Trinajstić information content (AvgIpc) is 1.70. The molecule has 7 aromatic heterocycles. The molecule has 28 nitrogen and oxygen atoms in total. The van der Waals surface area contributed by atoms with E-state index in [-0.39, 0.29) is 36.7 Å². The summed E-state index contributed by atoms with van der Waals surface area (Å²) in [4.78, 5) is 99.3. The number of hydrogen-bond donors (Lipinski definition) is 8. The molecule has 9 N–H and O–H groups in total. The molecule has 32 heteroatoms. The number of nitrogens with one attached hydrogen (secondary N) is 6. The van der Waals surface area contributed by atoms with E-state index in [2.05, 4.69) is 51.5 Å². The third kappa shape index (κ3) is 20.3. The Hall–Kier alpha value is -8.89. The van der Waals surface area contributed by atoms with E-state index in [0.29, 0.717) is 117 Å². The minimum atomic E-state index is -1.05. The fourth-order valence-corrected chi connectivity index (χ4v) is 15.0. The number of halogens is 2. The number of rotatable bonds is 23. The summed E-state index contributed by atoms with van der Waals surface area (Å²) in [6, 6.07) is 23.0. The Morgan fingerprint density at radius 1 is 0.427 bits per heavy atom. The smallest absolute Gasteiger partial charge is 0.352 e. The zero-order chi connectivity index (χ0) is 71.8. The number of benzene rings is 2. The van der Waals surface area contributed by atoms with Crippen LogP contribution in [-0.2, 0) is 53.2 Å². The van der Waals surface area contributed by atoms with Crippen molar-refractivity contribution in [3.05, 3.63) is 158 Å². The predicted molar refractivity (Wildman–Crippen MR) is 402 cm³/mol. The van der Waals surface area contributed by atoms with Crippen molar-refractivity contribution in [2.75, 3.05) is 171 Å². The van der Waals surface area contributed by atoms with Crippen LogP contribution >= 0.6 is 45.9 Å². The van der Waals surface area contributed by atoms with E-state index in [0.717, 1.165) is 132 Å². The maximum Gasteiger partial charge on any atom is 0.352 e. The summed E-state index contributed by atoms with van der Waals surface area (Å²) in [5.41, 5.74) is 10.0. The molecule has 4 aliphatic rings. The predicted octanol–water partition coefficient (Wildman–Crippen LogP) is 8.13. The number of carbonyl (C=O) groups excluding carboxylic acids is 6. The van der Waals surface area contributed by atoms with Gasteiger partial charge in [-0.3, -0.25) is 48.4 Å². The van der Waals surface area contributed by atoms with Crippen LogP contribution in [0.3, 0.4) is 0 Å². The summed E-state index contributed by atoms with van der Waals surface area (Å²) in [5.74, 6) is -2.89. The number of aromatic nitrogens is 5. The van der Waals surface area contributed by atoms with Crippen LogP contribution in [0.1, 0.15) is 79.2 Å². The number of fused-ring (bicyclic) bond motifs is 2. The number of aromatic carboxylic acids is 1. The highest BCUT2D eigenvalue weighted by atomic mass is 35.5. The first-order valence-electron chi connectivity index (χ1n) is 33.6. The van der Waals surface area contributed by atoms with Gasteiger partial charge in [0.25, 0.3) is 35.4 Å². The third-order valence-electron chi connectivity index (χ3n) is 17.6. The van der Waals surface area contributed by atoms with Gasteiger partial charge in [0, 0.05) is 177 Å². The van der Waals surface area contributed by atoms with Crippen LogP contribution in [0.4, 0.5) is 28.4 Å². The molecule has 0 unspecified atom stereocenters. The summed E-state index contributed by atoms with van der Waals surface area (Å²) in [6.07, 6.45) is 8.45. The molecule has 6 amide bonds. The molecule has 103 heavy (non-hydrogen) atoms. The number of nitrogens with two attached hydrogens (primary N) is 1. The Morgan fingerprint density at radius 2 is 0.757 bits per heavy atom. The number of carbonyl (C=O) groups is 7. The Labute approximate surface area is 614 Å². The lowest BCUT2D eigenvalue weighted by Gasteiger charge is -2.27. The first-order chi connectivity index (χ1) is 49.3. The molecule has 0 spiro atoms. The Balaban J connectivity index is 0.000000195. The zero-order valence-corrected chi connectivity index (χ0v) is 60.1. The minimum Gasteiger partial charge on any atom is -0.477 e. The molecule has 0 radical (unpaired) electrons.